The summed E-state index contributed by atoms with van der Waals surface area (Å²) in [5.74, 6) is 1.42. The van der Waals surface area contributed by atoms with Crippen molar-refractivity contribution >= 4 is 38.4 Å². The summed E-state index contributed by atoms with van der Waals surface area (Å²) in [6.45, 7) is 12.9. The maximum absolute atomic E-state index is 8.04. The maximum atomic E-state index is 8.04. The van der Waals surface area contributed by atoms with Crippen LogP contribution in [-0.4, -0.2) is 14.5 Å². The lowest BCUT2D eigenvalue weighted by molar-refractivity contribution is 0.396. The van der Waals surface area contributed by atoms with Crippen molar-refractivity contribution in [2.75, 3.05) is 0 Å². The maximum Gasteiger partial charge on any atom is 0.194 e. The van der Waals surface area contributed by atoms with E-state index >= 15 is 0 Å². The summed E-state index contributed by atoms with van der Waals surface area (Å²) < 4.78 is 2.40. The van der Waals surface area contributed by atoms with Crippen molar-refractivity contribution in [3.05, 3.63) is 180 Å². The molecule has 6 aromatic carbocycles. The third kappa shape index (κ3) is 4.46. The molecule has 0 saturated heterocycles. The van der Waals surface area contributed by atoms with Gasteiger partial charge in [0.15, 0.2) is 11.5 Å². The molecule has 246 valence electrons. The first-order chi connectivity index (χ1) is 25.5. The predicted molar refractivity (Wildman–Crippen MR) is 214 cm³/mol. The van der Waals surface area contributed by atoms with Gasteiger partial charge >= 0.3 is 0 Å². The lowest BCUT2D eigenvalue weighted by atomic mass is 9.74. The molecule has 2 aromatic heterocycles. The minimum Gasteiger partial charge on any atom is -0.309 e. The van der Waals surface area contributed by atoms with E-state index in [2.05, 4.69) is 126 Å². The van der Waals surface area contributed by atoms with Gasteiger partial charge in [-0.05, 0) is 70.0 Å². The van der Waals surface area contributed by atoms with E-state index < -0.39 is 0 Å². The van der Waals surface area contributed by atoms with E-state index in [0.717, 1.165) is 50.1 Å². The van der Waals surface area contributed by atoms with Crippen molar-refractivity contribution in [3.63, 3.8) is 0 Å². The summed E-state index contributed by atoms with van der Waals surface area (Å²) in [6, 6.07) is 46.5. The van der Waals surface area contributed by atoms with Crippen molar-refractivity contribution in [3.8, 4) is 39.5 Å². The molecule has 4 heteroatoms. The average molecular weight is 667 g/mol. The van der Waals surface area contributed by atoms with Crippen molar-refractivity contribution in [2.45, 2.75) is 25.2 Å². The highest BCUT2D eigenvalue weighted by molar-refractivity contribution is 6.12. The molecule has 0 radical (unpaired) electrons. The highest BCUT2D eigenvalue weighted by Gasteiger charge is 2.46. The van der Waals surface area contributed by atoms with Gasteiger partial charge in [-0.1, -0.05) is 135 Å². The Bertz CT molecular complexity index is 2850. The van der Waals surface area contributed by atoms with E-state index in [0.29, 0.717) is 23.3 Å². The second-order valence-corrected chi connectivity index (χ2v) is 14.5. The topological polar surface area (TPSA) is 35.1 Å². The first kappa shape index (κ1) is 30.3. The van der Waals surface area contributed by atoms with Crippen LogP contribution in [0, 0.1) is 12.5 Å². The number of hydrogen-bond donors (Lipinski definition) is 0. The number of benzene rings is 6. The standard InChI is InChI=1S/C48H34N4/c1-48(2)39-21-11-7-18-35(39)36-25-26-43-44(45(36)48)38-20-10-14-24-42(38)52(43)33-28-31(34-17-8-12-22-40(34)49-3)27-32(29-33)47-50-41-23-13-9-19-37(41)46(51-47)30-15-5-4-6-16-30/h4-29,35,39H,1-2H3. The summed E-state index contributed by atoms with van der Waals surface area (Å²) >= 11 is 0. The first-order valence-corrected chi connectivity index (χ1v) is 17.9. The van der Waals surface area contributed by atoms with Crippen LogP contribution in [0.25, 0.3) is 77.0 Å². The number of allylic oxidation sites excluding steroid dienone is 4. The highest BCUT2D eigenvalue weighted by Crippen LogP contribution is 2.56. The molecular weight excluding hydrogens is 633 g/mol. The molecule has 0 spiro atoms. The van der Waals surface area contributed by atoms with Crippen LogP contribution < -0.4 is 0 Å². The van der Waals surface area contributed by atoms with E-state index in [1.165, 1.54) is 27.4 Å². The lowest BCUT2D eigenvalue weighted by Crippen LogP contribution is -2.24. The Labute approximate surface area is 302 Å². The third-order valence-electron chi connectivity index (χ3n) is 11.3. The number of fused-ring (bicyclic) bond motifs is 8. The van der Waals surface area contributed by atoms with E-state index in [1.54, 1.807) is 0 Å². The largest absolute Gasteiger partial charge is 0.309 e. The fraction of sp³-hybridized carbons (Fsp3) is 0.104. The van der Waals surface area contributed by atoms with Gasteiger partial charge < -0.3 is 4.57 Å². The van der Waals surface area contributed by atoms with Gasteiger partial charge in [-0.2, -0.15) is 0 Å². The van der Waals surface area contributed by atoms with Crippen LogP contribution in [0.3, 0.4) is 0 Å². The van der Waals surface area contributed by atoms with Crippen LogP contribution in [0.2, 0.25) is 0 Å². The Hall–Kier alpha value is -6.57. The molecule has 4 nitrogen and oxygen atoms in total. The molecule has 0 fully saturated rings. The fourth-order valence-electron chi connectivity index (χ4n) is 8.95. The van der Waals surface area contributed by atoms with E-state index in [1.807, 2.05) is 54.6 Å². The van der Waals surface area contributed by atoms with Gasteiger partial charge in [0.2, 0.25) is 0 Å². The summed E-state index contributed by atoms with van der Waals surface area (Å²) in [5, 5.41) is 3.57. The lowest BCUT2D eigenvalue weighted by Gasteiger charge is -2.29. The van der Waals surface area contributed by atoms with Crippen LogP contribution in [-0.2, 0) is 5.41 Å². The minimum atomic E-state index is -0.0515. The molecule has 2 unspecified atom stereocenters. The van der Waals surface area contributed by atoms with Gasteiger partial charge in [0.05, 0.1) is 28.8 Å². The van der Waals surface area contributed by atoms with Gasteiger partial charge in [-0.3, -0.25) is 0 Å². The Balaban J connectivity index is 1.28. The molecule has 2 aliphatic rings. The second-order valence-electron chi connectivity index (χ2n) is 14.5. The van der Waals surface area contributed by atoms with Gasteiger partial charge in [0, 0.05) is 38.9 Å². The van der Waals surface area contributed by atoms with Gasteiger partial charge in [-0.15, -0.1) is 0 Å². The van der Waals surface area contributed by atoms with Crippen molar-refractivity contribution in [1.82, 2.24) is 14.5 Å². The number of rotatable bonds is 4. The molecule has 8 aromatic rings. The van der Waals surface area contributed by atoms with Crippen LogP contribution in [0.4, 0.5) is 5.69 Å². The zero-order chi connectivity index (χ0) is 35.0. The molecule has 10 rings (SSSR count). The van der Waals surface area contributed by atoms with Crippen molar-refractivity contribution in [2.24, 2.45) is 5.92 Å². The number of para-hydroxylation sites is 3. The monoisotopic (exact) mass is 666 g/mol. The molecule has 0 bridgehead atoms. The Morgan fingerprint density at radius 1 is 0.654 bits per heavy atom. The van der Waals surface area contributed by atoms with Gasteiger partial charge in [0.25, 0.3) is 0 Å². The molecule has 52 heavy (non-hydrogen) atoms. The molecule has 2 atom stereocenters. The van der Waals surface area contributed by atoms with Crippen LogP contribution >= 0.6 is 0 Å². The van der Waals surface area contributed by atoms with Crippen LogP contribution in [0.1, 0.15) is 30.9 Å². The van der Waals surface area contributed by atoms with E-state index in [-0.39, 0.29) is 5.41 Å². The summed E-state index contributed by atoms with van der Waals surface area (Å²) in [6.07, 6.45) is 9.18. The van der Waals surface area contributed by atoms with Crippen LogP contribution in [0.15, 0.2) is 158 Å². The Morgan fingerprint density at radius 2 is 1.38 bits per heavy atom. The van der Waals surface area contributed by atoms with E-state index in [9.17, 15) is 0 Å². The number of nitrogens with zero attached hydrogens (tertiary/aromatic N) is 4. The Kier molecular flexibility index (Phi) is 6.68. The summed E-state index contributed by atoms with van der Waals surface area (Å²) in [4.78, 5) is 14.4. The second kappa shape index (κ2) is 11.5. The average Bonchev–Trinajstić information content (AvgIpc) is 3.66. The van der Waals surface area contributed by atoms with Crippen molar-refractivity contribution < 1.29 is 0 Å². The highest BCUT2D eigenvalue weighted by atomic mass is 15.0. The molecule has 2 heterocycles. The molecule has 0 saturated carbocycles. The van der Waals surface area contributed by atoms with Crippen molar-refractivity contribution in [1.29, 1.82) is 0 Å². The van der Waals surface area contributed by atoms with Gasteiger partial charge in [-0.25, -0.2) is 14.8 Å². The molecule has 0 N–H and O–H groups in total. The normalized spacial score (nSPS) is 17.0. The molecule has 0 amide bonds. The van der Waals surface area contributed by atoms with E-state index in [4.69, 9.17) is 16.5 Å². The molecular formula is C48H34N4. The van der Waals surface area contributed by atoms with Crippen LogP contribution in [0.5, 0.6) is 0 Å². The first-order valence-electron chi connectivity index (χ1n) is 17.9. The predicted octanol–water partition coefficient (Wildman–Crippen LogP) is 12.4. The number of aromatic nitrogens is 3. The molecule has 2 aliphatic carbocycles. The zero-order valence-corrected chi connectivity index (χ0v) is 29.0. The molecule has 0 aliphatic heterocycles. The smallest absolute Gasteiger partial charge is 0.194 e. The fourth-order valence-corrected chi connectivity index (χ4v) is 8.95. The minimum absolute atomic E-state index is 0.0515. The Morgan fingerprint density at radius 3 is 2.25 bits per heavy atom. The third-order valence-corrected chi connectivity index (χ3v) is 11.3. The quantitative estimate of drug-likeness (QED) is 0.175. The number of hydrogen-bond acceptors (Lipinski definition) is 2. The van der Waals surface area contributed by atoms with Gasteiger partial charge in [0.1, 0.15) is 0 Å². The summed E-state index contributed by atoms with van der Waals surface area (Å²) in [7, 11) is 0. The summed E-state index contributed by atoms with van der Waals surface area (Å²) in [5.41, 5.74) is 12.3. The zero-order valence-electron chi connectivity index (χ0n) is 29.0. The SMILES string of the molecule is [C-]#[N+]c1ccccc1-c1cc(-c2nc(-c3ccccc3)c3ccccc3n2)cc(-n2c3ccccc3c3c4c(ccc32)C2C=CC=CC2C4(C)C)c1.